The van der Waals surface area contributed by atoms with Crippen molar-refractivity contribution in [1.29, 1.82) is 10.5 Å². The van der Waals surface area contributed by atoms with E-state index in [1.807, 2.05) is 49.4 Å². The lowest BCUT2D eigenvalue weighted by Crippen LogP contribution is -1.95. The van der Waals surface area contributed by atoms with Crippen molar-refractivity contribution in [3.8, 4) is 23.6 Å². The number of benzene rings is 2. The molecule has 0 saturated heterocycles. The number of nitriles is 2. The van der Waals surface area contributed by atoms with Crippen LogP contribution in [0.3, 0.4) is 0 Å². The van der Waals surface area contributed by atoms with Crippen LogP contribution in [0.1, 0.15) is 26.4 Å². The topological polar surface area (TPSA) is 90.7 Å². The number of carbonyl (C=O) groups is 1. The minimum Gasteiger partial charge on any atom is -0.435 e. The van der Waals surface area contributed by atoms with Crippen LogP contribution >= 0.6 is 11.3 Å². The molecular formula is C25H13N3O2S. The number of thiophene rings is 1. The number of aromatic nitrogens is 1. The number of hydrogen-bond acceptors (Lipinski definition) is 6. The third-order valence-electron chi connectivity index (χ3n) is 5.12. The Bertz CT molecular complexity index is 1470. The summed E-state index contributed by atoms with van der Waals surface area (Å²) in [4.78, 5) is 19.1. The van der Waals surface area contributed by atoms with Crippen molar-refractivity contribution in [2.75, 3.05) is 0 Å². The highest BCUT2D eigenvalue weighted by molar-refractivity contribution is 7.19. The molecule has 1 aliphatic carbocycles. The second-order valence-electron chi connectivity index (χ2n) is 7.11. The zero-order valence-electron chi connectivity index (χ0n) is 16.3. The first-order chi connectivity index (χ1) is 15.1. The van der Waals surface area contributed by atoms with E-state index in [4.69, 9.17) is 4.42 Å². The fourth-order valence-electron chi connectivity index (χ4n) is 3.63. The summed E-state index contributed by atoms with van der Waals surface area (Å²) in [5, 5.41) is 18.9. The van der Waals surface area contributed by atoms with Crippen LogP contribution in [0.25, 0.3) is 33.5 Å². The maximum atomic E-state index is 13.0. The second kappa shape index (κ2) is 7.21. The van der Waals surface area contributed by atoms with Crippen LogP contribution in [0.2, 0.25) is 0 Å². The van der Waals surface area contributed by atoms with Gasteiger partial charge in [-0.05, 0) is 30.7 Å². The summed E-state index contributed by atoms with van der Waals surface area (Å²) < 4.78 is 5.91. The van der Waals surface area contributed by atoms with E-state index in [9.17, 15) is 15.3 Å². The van der Waals surface area contributed by atoms with Gasteiger partial charge in [-0.15, -0.1) is 11.3 Å². The van der Waals surface area contributed by atoms with Crippen molar-refractivity contribution in [3.63, 3.8) is 0 Å². The molecule has 4 aromatic rings. The van der Waals surface area contributed by atoms with Gasteiger partial charge in [0, 0.05) is 33.2 Å². The van der Waals surface area contributed by atoms with Crippen molar-refractivity contribution >= 4 is 39.2 Å². The first-order valence-corrected chi connectivity index (χ1v) is 10.3. The molecule has 0 N–H and O–H groups in total. The Morgan fingerprint density at radius 2 is 1.77 bits per heavy atom. The summed E-state index contributed by atoms with van der Waals surface area (Å²) >= 11 is 1.39. The van der Waals surface area contributed by atoms with Gasteiger partial charge in [0.2, 0.25) is 5.89 Å². The molecule has 0 aliphatic heterocycles. The molecule has 0 saturated carbocycles. The highest BCUT2D eigenvalue weighted by Crippen LogP contribution is 2.41. The first-order valence-electron chi connectivity index (χ1n) is 9.47. The standard InChI is InChI=1S/C25H13N3O2S/c1-14-6-8-15(9-7-14)24-28-25-21(30-24)11-17(31-25)10-20-22(16(12-26)13-27)18-4-2-3-5-19(18)23(20)29/h2-11H,1H3/b20-10-. The molecular weight excluding hydrogens is 406 g/mol. The first kappa shape index (κ1) is 18.7. The molecule has 2 aromatic carbocycles. The maximum Gasteiger partial charge on any atom is 0.228 e. The predicted octanol–water partition coefficient (Wildman–Crippen LogP) is 5.95. The summed E-state index contributed by atoms with van der Waals surface area (Å²) in [5.74, 6) is 0.341. The SMILES string of the molecule is Cc1ccc(-c2nc3sc(/C=C4\C(=O)c5ccccc5C4=C(C#N)C#N)cc3o2)cc1. The van der Waals surface area contributed by atoms with Gasteiger partial charge in [0.05, 0.1) is 0 Å². The molecule has 0 fully saturated rings. The van der Waals surface area contributed by atoms with Crippen LogP contribution in [-0.4, -0.2) is 10.8 Å². The Morgan fingerprint density at radius 3 is 2.45 bits per heavy atom. The van der Waals surface area contributed by atoms with Crippen molar-refractivity contribution < 1.29 is 9.21 Å². The maximum absolute atomic E-state index is 13.0. The third-order valence-corrected chi connectivity index (χ3v) is 6.08. The van der Waals surface area contributed by atoms with Gasteiger partial charge in [0.1, 0.15) is 17.7 Å². The smallest absolute Gasteiger partial charge is 0.228 e. The number of hydrogen-bond donors (Lipinski definition) is 0. The number of Topliss-reactive ketones (excluding diaryl/α,β-unsaturated/α-hetero) is 1. The van der Waals surface area contributed by atoms with Gasteiger partial charge in [-0.3, -0.25) is 4.79 Å². The number of oxazole rings is 1. The molecule has 5 nitrogen and oxygen atoms in total. The van der Waals surface area contributed by atoms with Gasteiger partial charge in [-0.2, -0.15) is 15.5 Å². The van der Waals surface area contributed by atoms with Crippen LogP contribution in [-0.2, 0) is 0 Å². The summed E-state index contributed by atoms with van der Waals surface area (Å²) in [6.45, 7) is 2.02. The lowest BCUT2D eigenvalue weighted by molar-refractivity contribution is 0.104. The Morgan fingerprint density at radius 1 is 1.06 bits per heavy atom. The summed E-state index contributed by atoms with van der Waals surface area (Å²) in [5.41, 5.74) is 4.42. The monoisotopic (exact) mass is 419 g/mol. The Kier molecular flexibility index (Phi) is 4.36. The molecule has 2 heterocycles. The zero-order chi connectivity index (χ0) is 21.5. The normalized spacial score (nSPS) is 14.0. The fraction of sp³-hybridized carbons (Fsp3) is 0.0400. The van der Waals surface area contributed by atoms with Gasteiger partial charge in [-0.25, -0.2) is 0 Å². The van der Waals surface area contributed by atoms with Crippen LogP contribution in [0.5, 0.6) is 0 Å². The molecule has 31 heavy (non-hydrogen) atoms. The highest BCUT2D eigenvalue weighted by atomic mass is 32.1. The summed E-state index contributed by atoms with van der Waals surface area (Å²) in [7, 11) is 0. The Labute approximate surface area is 181 Å². The van der Waals surface area contributed by atoms with E-state index in [1.54, 1.807) is 30.3 Å². The van der Waals surface area contributed by atoms with Crippen molar-refractivity contribution in [2.24, 2.45) is 0 Å². The van der Waals surface area contributed by atoms with Gasteiger partial charge < -0.3 is 4.42 Å². The van der Waals surface area contributed by atoms with Crippen LogP contribution < -0.4 is 0 Å². The van der Waals surface area contributed by atoms with Crippen molar-refractivity contribution in [2.45, 2.75) is 6.92 Å². The van der Waals surface area contributed by atoms with E-state index >= 15 is 0 Å². The van der Waals surface area contributed by atoms with Gasteiger partial charge in [-0.1, -0.05) is 42.0 Å². The van der Waals surface area contributed by atoms with E-state index in [0.29, 0.717) is 33.7 Å². The molecule has 1 aliphatic rings. The van der Waals surface area contributed by atoms with Gasteiger partial charge >= 0.3 is 0 Å². The largest absolute Gasteiger partial charge is 0.435 e. The minimum atomic E-state index is -0.202. The average molecular weight is 419 g/mol. The zero-order valence-corrected chi connectivity index (χ0v) is 17.2. The number of fused-ring (bicyclic) bond motifs is 2. The quantitative estimate of drug-likeness (QED) is 0.296. The number of carbonyl (C=O) groups excluding carboxylic acids is 1. The molecule has 0 amide bonds. The lowest BCUT2D eigenvalue weighted by atomic mass is 9.99. The van der Waals surface area contributed by atoms with E-state index in [2.05, 4.69) is 4.98 Å². The second-order valence-corrected chi connectivity index (χ2v) is 8.17. The molecule has 6 heteroatoms. The number of nitrogens with zero attached hydrogens (tertiary/aromatic N) is 3. The molecule has 0 atom stereocenters. The fourth-order valence-corrected chi connectivity index (χ4v) is 4.53. The summed E-state index contributed by atoms with van der Waals surface area (Å²) in [6, 6.07) is 20.6. The van der Waals surface area contributed by atoms with Gasteiger partial charge in [0.15, 0.2) is 16.2 Å². The molecule has 5 rings (SSSR count). The molecule has 2 aromatic heterocycles. The molecule has 146 valence electrons. The Hall–Kier alpha value is -4.26. The molecule has 0 unspecified atom stereocenters. The number of rotatable bonds is 2. The van der Waals surface area contributed by atoms with Gasteiger partial charge in [0.25, 0.3) is 0 Å². The number of ketones is 1. The van der Waals surface area contributed by atoms with Crippen molar-refractivity contribution in [1.82, 2.24) is 4.98 Å². The van der Waals surface area contributed by atoms with E-state index in [1.165, 1.54) is 11.3 Å². The van der Waals surface area contributed by atoms with E-state index < -0.39 is 0 Å². The third kappa shape index (κ3) is 3.07. The number of allylic oxidation sites excluding steroid dienone is 3. The highest BCUT2D eigenvalue weighted by Gasteiger charge is 2.32. The van der Waals surface area contributed by atoms with E-state index in [0.717, 1.165) is 20.8 Å². The number of aryl methyl sites for hydroxylation is 1. The predicted molar refractivity (Wildman–Crippen MR) is 119 cm³/mol. The van der Waals surface area contributed by atoms with Crippen LogP contribution in [0, 0.1) is 29.6 Å². The average Bonchev–Trinajstić information content (AvgIpc) is 3.42. The van der Waals surface area contributed by atoms with Crippen molar-refractivity contribution in [3.05, 3.63) is 87.3 Å². The minimum absolute atomic E-state index is 0.0791. The molecule has 0 bridgehead atoms. The van der Waals surface area contributed by atoms with Crippen LogP contribution in [0.15, 0.2) is 70.2 Å². The summed E-state index contributed by atoms with van der Waals surface area (Å²) in [6.07, 6.45) is 1.71. The van der Waals surface area contributed by atoms with Crippen LogP contribution in [0.4, 0.5) is 0 Å². The molecule has 0 radical (unpaired) electrons. The van der Waals surface area contributed by atoms with E-state index in [-0.39, 0.29) is 11.4 Å². The molecule has 0 spiro atoms. The Balaban J connectivity index is 1.60. The lowest BCUT2D eigenvalue weighted by Gasteiger charge is -2.01.